The molecule has 0 bridgehead atoms. The van der Waals surface area contributed by atoms with Crippen LogP contribution in [0.5, 0.6) is 0 Å². The summed E-state index contributed by atoms with van der Waals surface area (Å²) in [5.41, 5.74) is 10.6. The second-order valence-corrected chi connectivity index (χ2v) is 9.32. The minimum Gasteiger partial charge on any atom is -0.383 e. The highest BCUT2D eigenvalue weighted by Gasteiger charge is 2.32. The smallest absolute Gasteiger partial charge is 0.329 e. The Hall–Kier alpha value is -4.29. The third kappa shape index (κ3) is 4.39. The Labute approximate surface area is 214 Å². The number of hydrogen-bond donors (Lipinski definition) is 2. The van der Waals surface area contributed by atoms with Gasteiger partial charge < -0.3 is 11.1 Å². The van der Waals surface area contributed by atoms with E-state index in [1.807, 2.05) is 26.0 Å². The van der Waals surface area contributed by atoms with E-state index in [0.717, 1.165) is 6.21 Å². The number of pyridine rings is 1. The van der Waals surface area contributed by atoms with E-state index in [4.69, 9.17) is 22.7 Å². The van der Waals surface area contributed by atoms with Gasteiger partial charge in [0.05, 0.1) is 28.5 Å². The molecule has 1 aliphatic heterocycles. The van der Waals surface area contributed by atoms with Gasteiger partial charge in [-0.05, 0) is 30.0 Å². The second kappa shape index (κ2) is 9.76. The molecule has 4 rings (SSSR count). The molecule has 0 saturated carbocycles. The Balaban J connectivity index is 1.89. The molecule has 1 aromatic carbocycles. The Bertz CT molecular complexity index is 1430. The molecule has 2 amide bonds. The van der Waals surface area contributed by atoms with Crippen LogP contribution < -0.4 is 10.6 Å². The lowest BCUT2D eigenvalue weighted by Crippen LogP contribution is -2.44. The standard InChI is InChI=1S/C26H25ClN8O/c1-14(2)7-21-19(9-28)24(20(10-29)25(30)33-21)16-5-6-22-18(8-16)15(3)34(4)26(36)35(22)13-23-31-11-17(27)12-32-23/h5-6,8,10-12,14,29H,3,7,13H2,1-2,4H3,(H2,30,33). The number of carbonyl (C=O) groups excluding carboxylic acids is 1. The predicted octanol–water partition coefficient (Wildman–Crippen LogP) is 4.88. The number of urea groups is 1. The van der Waals surface area contributed by atoms with Gasteiger partial charge in [-0.15, -0.1) is 0 Å². The van der Waals surface area contributed by atoms with Crippen molar-refractivity contribution in [3.05, 3.63) is 70.4 Å². The van der Waals surface area contributed by atoms with Crippen LogP contribution in [0.1, 0.15) is 42.1 Å². The summed E-state index contributed by atoms with van der Waals surface area (Å²) in [6.07, 6.45) is 4.65. The molecule has 0 saturated heterocycles. The number of nitriles is 1. The third-order valence-corrected chi connectivity index (χ3v) is 6.18. The monoisotopic (exact) mass is 500 g/mol. The summed E-state index contributed by atoms with van der Waals surface area (Å²) < 4.78 is 0. The van der Waals surface area contributed by atoms with E-state index < -0.39 is 0 Å². The van der Waals surface area contributed by atoms with Crippen LogP contribution in [0, 0.1) is 22.7 Å². The first-order valence-electron chi connectivity index (χ1n) is 11.2. The maximum atomic E-state index is 13.1. The molecular weight excluding hydrogens is 476 g/mol. The van der Waals surface area contributed by atoms with E-state index in [1.54, 1.807) is 18.0 Å². The maximum Gasteiger partial charge on any atom is 0.329 e. The van der Waals surface area contributed by atoms with Crippen LogP contribution in [0.25, 0.3) is 16.8 Å². The van der Waals surface area contributed by atoms with Gasteiger partial charge in [-0.25, -0.2) is 19.7 Å². The van der Waals surface area contributed by atoms with Crippen molar-refractivity contribution in [3.63, 3.8) is 0 Å². The van der Waals surface area contributed by atoms with Crippen LogP contribution in [0.2, 0.25) is 5.02 Å². The third-order valence-electron chi connectivity index (χ3n) is 5.98. The summed E-state index contributed by atoms with van der Waals surface area (Å²) in [6, 6.07) is 7.47. The van der Waals surface area contributed by atoms with Crippen molar-refractivity contribution in [1.29, 1.82) is 10.7 Å². The second-order valence-electron chi connectivity index (χ2n) is 8.89. The van der Waals surface area contributed by atoms with E-state index in [0.29, 0.717) is 62.2 Å². The summed E-state index contributed by atoms with van der Waals surface area (Å²) in [6.45, 7) is 8.33. The summed E-state index contributed by atoms with van der Waals surface area (Å²) in [4.78, 5) is 29.0. The van der Waals surface area contributed by atoms with Crippen molar-refractivity contribution in [2.45, 2.75) is 26.8 Å². The van der Waals surface area contributed by atoms with Crippen molar-refractivity contribution in [2.75, 3.05) is 17.7 Å². The molecule has 0 unspecified atom stereocenters. The SMILES string of the molecule is C=C1c2cc(-c3c(C#N)c(CC(C)C)nc(N)c3C=N)ccc2N(Cc2ncc(Cl)cn2)C(=O)N1C. The van der Waals surface area contributed by atoms with Gasteiger partial charge in [-0.2, -0.15) is 5.26 Å². The number of nitrogens with one attached hydrogen (secondary N) is 1. The van der Waals surface area contributed by atoms with Crippen molar-refractivity contribution in [1.82, 2.24) is 19.9 Å². The molecule has 0 radical (unpaired) electrons. The molecule has 1 aliphatic rings. The summed E-state index contributed by atoms with van der Waals surface area (Å²) in [7, 11) is 1.64. The first-order chi connectivity index (χ1) is 17.2. The van der Waals surface area contributed by atoms with Crippen molar-refractivity contribution in [3.8, 4) is 17.2 Å². The quantitative estimate of drug-likeness (QED) is 0.462. The molecule has 0 aliphatic carbocycles. The number of aromatic nitrogens is 3. The zero-order valence-electron chi connectivity index (χ0n) is 20.2. The molecule has 9 nitrogen and oxygen atoms in total. The van der Waals surface area contributed by atoms with E-state index in [-0.39, 0.29) is 24.3 Å². The van der Waals surface area contributed by atoms with E-state index in [9.17, 15) is 10.1 Å². The highest BCUT2D eigenvalue weighted by molar-refractivity contribution is 6.30. The Morgan fingerprint density at radius 3 is 2.61 bits per heavy atom. The number of nitrogens with zero attached hydrogens (tertiary/aromatic N) is 6. The number of anilines is 2. The molecule has 0 fully saturated rings. The lowest BCUT2D eigenvalue weighted by molar-refractivity contribution is 0.229. The molecule has 2 aromatic heterocycles. The fraction of sp³-hybridized carbons (Fsp3) is 0.231. The highest BCUT2D eigenvalue weighted by Crippen LogP contribution is 2.40. The van der Waals surface area contributed by atoms with E-state index in [2.05, 4.69) is 27.6 Å². The molecular formula is C26H25ClN8O. The van der Waals surface area contributed by atoms with Gasteiger partial charge in [0.2, 0.25) is 0 Å². The molecule has 3 N–H and O–H groups in total. The number of benzene rings is 1. The van der Waals surface area contributed by atoms with Crippen molar-refractivity contribution < 1.29 is 4.79 Å². The van der Waals surface area contributed by atoms with Crippen LogP contribution in [0.15, 0.2) is 37.2 Å². The number of nitrogen functional groups attached to an aromatic ring is 1. The van der Waals surface area contributed by atoms with Gasteiger partial charge in [-0.1, -0.05) is 38.1 Å². The number of halogens is 1. The first kappa shape index (κ1) is 24.8. The molecule has 10 heteroatoms. The van der Waals surface area contributed by atoms with Gasteiger partial charge in [0.25, 0.3) is 0 Å². The number of nitrogens with two attached hydrogens (primary N) is 1. The van der Waals surface area contributed by atoms with E-state index in [1.165, 1.54) is 17.3 Å². The number of fused-ring (bicyclic) bond motifs is 1. The van der Waals surface area contributed by atoms with Crippen molar-refractivity contribution >= 4 is 41.0 Å². The van der Waals surface area contributed by atoms with Gasteiger partial charge in [0.1, 0.15) is 17.7 Å². The Morgan fingerprint density at radius 2 is 2.00 bits per heavy atom. The molecule has 0 atom stereocenters. The van der Waals surface area contributed by atoms with Gasteiger partial charge >= 0.3 is 6.03 Å². The van der Waals surface area contributed by atoms with Gasteiger partial charge in [0.15, 0.2) is 0 Å². The average molecular weight is 501 g/mol. The van der Waals surface area contributed by atoms with Crippen LogP contribution in [-0.2, 0) is 13.0 Å². The Kier molecular flexibility index (Phi) is 6.73. The lowest BCUT2D eigenvalue weighted by atomic mass is 9.90. The van der Waals surface area contributed by atoms with Crippen LogP contribution in [0.4, 0.5) is 16.3 Å². The van der Waals surface area contributed by atoms with Crippen LogP contribution in [-0.4, -0.2) is 39.1 Å². The van der Waals surface area contributed by atoms with Crippen LogP contribution >= 0.6 is 11.6 Å². The number of carbonyl (C=O) groups is 1. The maximum absolute atomic E-state index is 13.1. The fourth-order valence-electron chi connectivity index (χ4n) is 4.22. The number of rotatable bonds is 6. The summed E-state index contributed by atoms with van der Waals surface area (Å²) in [5, 5.41) is 18.4. The van der Waals surface area contributed by atoms with E-state index >= 15 is 0 Å². The molecule has 3 heterocycles. The van der Waals surface area contributed by atoms with Crippen molar-refractivity contribution in [2.24, 2.45) is 5.92 Å². The summed E-state index contributed by atoms with van der Waals surface area (Å²) in [5.74, 6) is 0.885. The van der Waals surface area contributed by atoms with Gasteiger partial charge in [0, 0.05) is 48.0 Å². The topological polar surface area (TPSA) is 136 Å². The largest absolute Gasteiger partial charge is 0.383 e. The Morgan fingerprint density at radius 1 is 1.31 bits per heavy atom. The molecule has 0 spiro atoms. The van der Waals surface area contributed by atoms with Gasteiger partial charge in [-0.3, -0.25) is 9.80 Å². The molecule has 36 heavy (non-hydrogen) atoms. The molecule has 182 valence electrons. The number of hydrogen-bond acceptors (Lipinski definition) is 7. The minimum atomic E-state index is -0.274. The highest BCUT2D eigenvalue weighted by atomic mass is 35.5. The lowest BCUT2D eigenvalue weighted by Gasteiger charge is -2.36. The van der Waals surface area contributed by atoms with Crippen LogP contribution in [0.3, 0.4) is 0 Å². The minimum absolute atomic E-state index is 0.135. The first-order valence-corrected chi connectivity index (χ1v) is 11.6. The summed E-state index contributed by atoms with van der Waals surface area (Å²) >= 11 is 5.90. The normalized spacial score (nSPS) is 13.1. The molecule has 3 aromatic rings. The average Bonchev–Trinajstić information content (AvgIpc) is 2.85. The zero-order valence-corrected chi connectivity index (χ0v) is 21.0. The fourth-order valence-corrected chi connectivity index (χ4v) is 4.32. The zero-order chi connectivity index (χ0) is 26.1. The predicted molar refractivity (Wildman–Crippen MR) is 141 cm³/mol. The number of amides is 2.